The van der Waals surface area contributed by atoms with Crippen LogP contribution in [0.4, 0.5) is 20.6 Å². The summed E-state index contributed by atoms with van der Waals surface area (Å²) in [7, 11) is 1.65. The molecule has 9 nitrogen and oxygen atoms in total. The van der Waals surface area contributed by atoms with Crippen LogP contribution in [0.5, 0.6) is 5.75 Å². The van der Waals surface area contributed by atoms with Crippen LogP contribution in [0.2, 0.25) is 0 Å². The van der Waals surface area contributed by atoms with Crippen LogP contribution >= 0.6 is 0 Å². The minimum Gasteiger partial charge on any atom is -0.496 e. The van der Waals surface area contributed by atoms with E-state index in [1.54, 1.807) is 19.2 Å². The number of halogens is 1. The van der Waals surface area contributed by atoms with E-state index in [2.05, 4.69) is 10.4 Å². The Morgan fingerprint density at radius 2 is 2.08 bits per heavy atom. The highest BCUT2D eigenvalue weighted by Crippen LogP contribution is 2.34. The number of nitrogens with one attached hydrogen (secondary N) is 1. The first-order valence-electron chi connectivity index (χ1n) is 11.9. The second-order valence-electron chi connectivity index (χ2n) is 8.99. The maximum absolute atomic E-state index is 15.2. The second-order valence-corrected chi connectivity index (χ2v) is 8.99. The van der Waals surface area contributed by atoms with Crippen molar-refractivity contribution >= 4 is 23.4 Å². The molecule has 2 atom stereocenters. The molecule has 188 valence electrons. The Hall–Kier alpha value is -4.08. The summed E-state index contributed by atoms with van der Waals surface area (Å²) in [6.45, 7) is 3.18. The Labute approximate surface area is 208 Å². The van der Waals surface area contributed by atoms with Crippen molar-refractivity contribution in [3.8, 4) is 16.9 Å². The summed E-state index contributed by atoms with van der Waals surface area (Å²) in [6, 6.07) is 12.7. The number of hydrogen-bond acceptors (Lipinski definition) is 6. The molecule has 2 saturated heterocycles. The van der Waals surface area contributed by atoms with Gasteiger partial charge in [0.15, 0.2) is 0 Å². The molecular formula is C26H28FN5O4. The third-order valence-corrected chi connectivity index (χ3v) is 6.59. The fourth-order valence-corrected chi connectivity index (χ4v) is 4.75. The molecule has 2 aliphatic heterocycles. The van der Waals surface area contributed by atoms with Crippen LogP contribution in [0.25, 0.3) is 11.1 Å². The highest BCUT2D eigenvalue weighted by molar-refractivity contribution is 5.90. The maximum atomic E-state index is 15.2. The number of cyclic esters (lactones) is 1. The Morgan fingerprint density at radius 3 is 2.86 bits per heavy atom. The molecule has 36 heavy (non-hydrogen) atoms. The molecule has 0 aliphatic carbocycles. The van der Waals surface area contributed by atoms with E-state index in [-0.39, 0.29) is 25.0 Å². The summed E-state index contributed by atoms with van der Waals surface area (Å²) in [5, 5.41) is 7.20. The van der Waals surface area contributed by atoms with Crippen molar-refractivity contribution in [2.45, 2.75) is 25.5 Å². The molecule has 3 aromatic rings. The van der Waals surface area contributed by atoms with Gasteiger partial charge in [-0.1, -0.05) is 18.2 Å². The highest BCUT2D eigenvalue weighted by Gasteiger charge is 2.33. The summed E-state index contributed by atoms with van der Waals surface area (Å²) in [5.41, 5.74) is 2.86. The summed E-state index contributed by atoms with van der Waals surface area (Å²) < 4.78 is 27.8. The lowest BCUT2D eigenvalue weighted by Crippen LogP contribution is -2.33. The number of hydrogen-bond donors (Lipinski definition) is 1. The topological polar surface area (TPSA) is 88.9 Å². The molecule has 2 amide bonds. The normalized spacial score (nSPS) is 19.5. The van der Waals surface area contributed by atoms with Gasteiger partial charge in [-0.2, -0.15) is 5.10 Å². The minimum atomic E-state index is -0.553. The SMILES string of the molecule is COc1ccccc1-c1cnn(C2CCN(c3ccc(N4C[C@H](CNC(C)=O)OC4=O)cc3F)C2)c1. The lowest BCUT2D eigenvalue weighted by molar-refractivity contribution is -0.119. The smallest absolute Gasteiger partial charge is 0.414 e. The van der Waals surface area contributed by atoms with Gasteiger partial charge < -0.3 is 19.7 Å². The number of carbonyl (C=O) groups excluding carboxylic acids is 2. The number of methoxy groups -OCH3 is 1. The van der Waals surface area contributed by atoms with E-state index >= 15 is 4.39 Å². The van der Waals surface area contributed by atoms with Crippen LogP contribution in [-0.4, -0.2) is 61.2 Å². The Bertz CT molecular complexity index is 1280. The van der Waals surface area contributed by atoms with Gasteiger partial charge >= 0.3 is 6.09 Å². The zero-order valence-electron chi connectivity index (χ0n) is 20.2. The van der Waals surface area contributed by atoms with Crippen LogP contribution in [0.3, 0.4) is 0 Å². The third-order valence-electron chi connectivity index (χ3n) is 6.59. The molecule has 0 spiro atoms. The van der Waals surface area contributed by atoms with Gasteiger partial charge in [-0.05, 0) is 30.7 Å². The molecule has 5 rings (SSSR count). The zero-order chi connectivity index (χ0) is 25.2. The number of rotatable bonds is 7. The highest BCUT2D eigenvalue weighted by atomic mass is 19.1. The Kier molecular flexibility index (Phi) is 6.49. The number of benzene rings is 2. The number of nitrogens with zero attached hydrogens (tertiary/aromatic N) is 4. The molecule has 0 saturated carbocycles. The van der Waals surface area contributed by atoms with Crippen LogP contribution in [-0.2, 0) is 9.53 Å². The number of carbonyl (C=O) groups is 2. The van der Waals surface area contributed by atoms with Gasteiger partial charge in [-0.25, -0.2) is 9.18 Å². The number of amides is 2. The van der Waals surface area contributed by atoms with Gasteiger partial charge in [-0.15, -0.1) is 0 Å². The van der Waals surface area contributed by atoms with Crippen LogP contribution in [0.1, 0.15) is 19.4 Å². The lowest BCUT2D eigenvalue weighted by Gasteiger charge is -2.21. The Morgan fingerprint density at radius 1 is 1.25 bits per heavy atom. The third kappa shape index (κ3) is 4.71. The van der Waals surface area contributed by atoms with Crippen molar-refractivity contribution < 1.29 is 23.5 Å². The fraction of sp³-hybridized carbons (Fsp3) is 0.346. The van der Waals surface area contributed by atoms with E-state index in [0.717, 1.165) is 23.3 Å². The van der Waals surface area contributed by atoms with Gasteiger partial charge in [-0.3, -0.25) is 14.4 Å². The molecule has 2 fully saturated rings. The average molecular weight is 494 g/mol. The molecule has 2 aromatic carbocycles. The summed E-state index contributed by atoms with van der Waals surface area (Å²) in [4.78, 5) is 26.8. The predicted molar refractivity (Wildman–Crippen MR) is 133 cm³/mol. The van der Waals surface area contributed by atoms with E-state index in [0.29, 0.717) is 24.5 Å². The minimum absolute atomic E-state index is 0.107. The first-order valence-corrected chi connectivity index (χ1v) is 11.9. The first kappa shape index (κ1) is 23.7. The monoisotopic (exact) mass is 493 g/mol. The molecule has 0 bridgehead atoms. The molecule has 1 unspecified atom stereocenters. The number of anilines is 2. The van der Waals surface area contributed by atoms with Gasteiger partial charge in [0.25, 0.3) is 0 Å². The van der Waals surface area contributed by atoms with Crippen molar-refractivity contribution in [3.63, 3.8) is 0 Å². The largest absolute Gasteiger partial charge is 0.496 e. The lowest BCUT2D eigenvalue weighted by atomic mass is 10.1. The molecule has 1 N–H and O–H groups in total. The maximum Gasteiger partial charge on any atom is 0.414 e. The summed E-state index contributed by atoms with van der Waals surface area (Å²) in [5.74, 6) is 0.187. The van der Waals surface area contributed by atoms with Crippen molar-refractivity contribution in [2.75, 3.05) is 43.1 Å². The van der Waals surface area contributed by atoms with Crippen molar-refractivity contribution in [2.24, 2.45) is 0 Å². The van der Waals surface area contributed by atoms with Crippen molar-refractivity contribution in [1.82, 2.24) is 15.1 Å². The fourth-order valence-electron chi connectivity index (χ4n) is 4.75. The molecule has 3 heterocycles. The first-order chi connectivity index (χ1) is 17.4. The quantitative estimate of drug-likeness (QED) is 0.541. The van der Waals surface area contributed by atoms with E-state index < -0.39 is 18.0 Å². The van der Waals surface area contributed by atoms with Crippen molar-refractivity contribution in [1.29, 1.82) is 0 Å². The number of aromatic nitrogens is 2. The molecule has 2 aliphatic rings. The number of para-hydroxylation sites is 1. The zero-order valence-corrected chi connectivity index (χ0v) is 20.2. The van der Waals surface area contributed by atoms with Gasteiger partial charge in [0.1, 0.15) is 17.7 Å². The van der Waals surface area contributed by atoms with Crippen molar-refractivity contribution in [3.05, 3.63) is 60.7 Å². The van der Waals surface area contributed by atoms with E-state index in [1.807, 2.05) is 46.2 Å². The molecule has 1 aromatic heterocycles. The Balaban J connectivity index is 1.26. The number of ether oxygens (including phenoxy) is 2. The van der Waals surface area contributed by atoms with E-state index in [1.165, 1.54) is 17.9 Å². The standard InChI is InChI=1S/C26H28FN5O4/c1-17(33)28-13-21-16-31(26(34)36-21)19-7-8-24(23(27)11-19)30-10-9-20(15-30)32-14-18(12-29-32)22-5-3-4-6-25(22)35-2/h3-8,11-12,14,20-21H,9-10,13,15-16H2,1-2H3,(H,28,33)/t20?,21-/m0/s1. The van der Waals surface area contributed by atoms with Crippen LogP contribution < -0.4 is 19.9 Å². The average Bonchev–Trinajstić information content (AvgIpc) is 3.62. The summed E-state index contributed by atoms with van der Waals surface area (Å²) >= 11 is 0. The molecular weight excluding hydrogens is 465 g/mol. The second kappa shape index (κ2) is 9.88. The van der Waals surface area contributed by atoms with Crippen LogP contribution in [0.15, 0.2) is 54.9 Å². The summed E-state index contributed by atoms with van der Waals surface area (Å²) in [6.07, 6.45) is 3.63. The van der Waals surface area contributed by atoms with Gasteiger partial charge in [0.2, 0.25) is 5.91 Å². The molecule has 0 radical (unpaired) electrons. The van der Waals surface area contributed by atoms with E-state index in [4.69, 9.17) is 9.47 Å². The van der Waals surface area contributed by atoms with E-state index in [9.17, 15) is 9.59 Å². The van der Waals surface area contributed by atoms with Crippen LogP contribution in [0, 0.1) is 5.82 Å². The van der Waals surface area contributed by atoms with Gasteiger partial charge in [0, 0.05) is 37.3 Å². The predicted octanol–water partition coefficient (Wildman–Crippen LogP) is 3.61. The van der Waals surface area contributed by atoms with Gasteiger partial charge in [0.05, 0.1) is 43.8 Å². The molecule has 10 heteroatoms.